The van der Waals surface area contributed by atoms with Gasteiger partial charge >= 0.3 is 11.9 Å². The number of aromatic carboxylic acids is 1. The maximum Gasteiger partial charge on any atom is 0.338 e. The number of carboxylic acids is 1. The quantitative estimate of drug-likeness (QED) is 0.0557. The first-order valence-corrected chi connectivity index (χ1v) is 28.2. The molecule has 3 fully saturated rings. The Kier molecular flexibility index (Phi) is 12.3. The molecule has 342 valence electrons. The number of rotatable bonds is 15. The third-order valence-electron chi connectivity index (χ3n) is 18.6. The first kappa shape index (κ1) is 45.6. The van der Waals surface area contributed by atoms with Crippen LogP contribution in [0.25, 0.3) is 22.3 Å². The maximum absolute atomic E-state index is 14.5. The summed E-state index contributed by atoms with van der Waals surface area (Å²) in [6.45, 7) is 17.1. The zero-order valence-corrected chi connectivity index (χ0v) is 41.1. The second-order valence-corrected chi connectivity index (χ2v) is 27.2. The number of benzene rings is 4. The van der Waals surface area contributed by atoms with E-state index < -0.39 is 19.1 Å². The minimum absolute atomic E-state index is 0.154. The number of hydrogen-bond donors (Lipinski definition) is 1. The van der Waals surface area contributed by atoms with Crippen LogP contribution in [0.3, 0.4) is 0 Å². The van der Waals surface area contributed by atoms with Gasteiger partial charge in [-0.15, -0.1) is 0 Å². The highest BCUT2D eigenvalue weighted by Gasteiger charge is 2.63. The van der Waals surface area contributed by atoms with E-state index in [1.165, 1.54) is 56.9 Å². The zero-order valence-electron chi connectivity index (χ0n) is 40.1. The molecule has 0 radical (unpaired) electrons. The lowest BCUT2D eigenvalue weighted by Crippen LogP contribution is -2.54. The van der Waals surface area contributed by atoms with Gasteiger partial charge in [0.05, 0.1) is 19.2 Å². The van der Waals surface area contributed by atoms with Crippen LogP contribution in [-0.2, 0) is 14.6 Å². The van der Waals surface area contributed by atoms with E-state index in [4.69, 9.17) is 4.74 Å². The van der Waals surface area contributed by atoms with E-state index >= 15 is 0 Å². The van der Waals surface area contributed by atoms with Crippen LogP contribution in [0, 0.1) is 46.3 Å². The molecule has 3 saturated carbocycles. The molecule has 0 amide bonds. The van der Waals surface area contributed by atoms with E-state index in [1.807, 2.05) is 60.7 Å². The highest BCUT2D eigenvalue weighted by atomic mass is 28.3. The number of carbonyl (C=O) groups excluding carboxylic acids is 2. The molecule has 4 aromatic rings. The van der Waals surface area contributed by atoms with Crippen LogP contribution in [0.2, 0.25) is 13.1 Å². The molecule has 0 aliphatic heterocycles. The molecule has 5 aliphatic carbocycles. The normalized spacial score (nSPS) is 29.4. The Bertz CT molecular complexity index is 2470. The van der Waals surface area contributed by atoms with Crippen molar-refractivity contribution in [3.63, 3.8) is 0 Å². The summed E-state index contributed by atoms with van der Waals surface area (Å²) in [5.74, 6) is 3.51. The van der Waals surface area contributed by atoms with Gasteiger partial charge in [0.1, 0.15) is 12.4 Å². The van der Waals surface area contributed by atoms with Crippen molar-refractivity contribution >= 4 is 31.5 Å². The number of ether oxygens (including phenoxy) is 1. The number of esters is 1. The van der Waals surface area contributed by atoms with Crippen molar-refractivity contribution in [3.8, 4) is 22.3 Å². The van der Waals surface area contributed by atoms with Gasteiger partial charge in [0.25, 0.3) is 0 Å². The number of carboxylic acid groups (broad SMARTS) is 1. The van der Waals surface area contributed by atoms with Crippen molar-refractivity contribution in [3.05, 3.63) is 125 Å². The highest BCUT2D eigenvalue weighted by Crippen LogP contribution is 2.68. The fourth-order valence-corrected chi connectivity index (χ4v) is 19.0. The minimum Gasteiger partial charge on any atom is -0.478 e. The number of aldehydes is 1. The summed E-state index contributed by atoms with van der Waals surface area (Å²) in [5.41, 5.74) is 8.87. The van der Waals surface area contributed by atoms with Gasteiger partial charge in [0.2, 0.25) is 0 Å². The highest BCUT2D eigenvalue weighted by molar-refractivity contribution is 6.94. The standard InChI is InChI=1S/C59H72O5Si/c1-38(2)14-11-15-39(3)50-28-29-51-47-26-24-43-36-44(30-33-57(43,4)52(47)31-34-58(50,51)5)64-56(63)48-18-12-19-53-54(48)59(53,32-13-35-60)65(6,7)45-25-27-46(55(61)62)49(37-45)42-22-20-41(21-23-42)40-16-9-8-10-17-40/h8-10,12,16-25,27,35,37-39,44,47,50-52H,11,13-15,26,28-34,36H2,1-7H3,(H,61,62)/t39-,44?,47?,50-,51?,52?,57+,58-,59?/m1/s1. The Balaban J connectivity index is 0.932. The van der Waals surface area contributed by atoms with E-state index in [9.17, 15) is 19.5 Å². The summed E-state index contributed by atoms with van der Waals surface area (Å²) in [5, 5.41) is 11.0. The first-order valence-electron chi connectivity index (χ1n) is 25.2. The lowest BCUT2D eigenvalue weighted by atomic mass is 9.47. The lowest BCUT2D eigenvalue weighted by Gasteiger charge is -2.58. The average Bonchev–Trinajstić information content (AvgIpc) is 3.84. The van der Waals surface area contributed by atoms with Gasteiger partial charge < -0.3 is 14.6 Å². The average molecular weight is 889 g/mol. The molecule has 9 atom stereocenters. The van der Waals surface area contributed by atoms with Gasteiger partial charge in [-0.2, -0.15) is 0 Å². The van der Waals surface area contributed by atoms with Crippen LogP contribution in [0.15, 0.2) is 103 Å². The van der Waals surface area contributed by atoms with E-state index in [0.29, 0.717) is 35.3 Å². The van der Waals surface area contributed by atoms with Crippen molar-refractivity contribution in [2.75, 3.05) is 0 Å². The topological polar surface area (TPSA) is 80.7 Å². The van der Waals surface area contributed by atoms with Crippen molar-refractivity contribution in [1.29, 1.82) is 0 Å². The molecule has 5 unspecified atom stereocenters. The Morgan fingerprint density at radius 3 is 2.28 bits per heavy atom. The van der Waals surface area contributed by atoms with Gasteiger partial charge in [-0.3, -0.25) is 0 Å². The smallest absolute Gasteiger partial charge is 0.338 e. The van der Waals surface area contributed by atoms with E-state index in [0.717, 1.165) is 88.1 Å². The van der Waals surface area contributed by atoms with Crippen LogP contribution < -0.4 is 5.19 Å². The maximum atomic E-state index is 14.5. The van der Waals surface area contributed by atoms with Crippen LogP contribution in [0.1, 0.15) is 150 Å². The Hall–Kier alpha value is -4.55. The summed E-state index contributed by atoms with van der Waals surface area (Å²) < 4.78 is 6.57. The summed E-state index contributed by atoms with van der Waals surface area (Å²) in [6, 6.07) is 30.1. The molecule has 4 aromatic carbocycles. The molecule has 9 rings (SSSR count). The van der Waals surface area contributed by atoms with Crippen LogP contribution in [0.4, 0.5) is 0 Å². The van der Waals surface area contributed by atoms with Gasteiger partial charge in [-0.25, -0.2) is 9.59 Å². The molecular weight excluding hydrogens is 817 g/mol. The molecule has 5 nitrogen and oxygen atoms in total. The van der Waals surface area contributed by atoms with Crippen LogP contribution in [-0.4, -0.2) is 37.5 Å². The molecule has 0 saturated heterocycles. The fourth-order valence-electron chi connectivity index (χ4n) is 15.0. The first-order chi connectivity index (χ1) is 31.1. The zero-order chi connectivity index (χ0) is 45.9. The van der Waals surface area contributed by atoms with E-state index in [1.54, 1.807) is 6.07 Å². The van der Waals surface area contributed by atoms with Gasteiger partial charge in [0.15, 0.2) is 0 Å². The Morgan fingerprint density at radius 1 is 0.815 bits per heavy atom. The number of carbonyl (C=O) groups is 3. The Morgan fingerprint density at radius 2 is 1.55 bits per heavy atom. The third-order valence-corrected chi connectivity index (χ3v) is 23.3. The van der Waals surface area contributed by atoms with E-state index in [-0.39, 0.29) is 23.1 Å². The summed E-state index contributed by atoms with van der Waals surface area (Å²) in [7, 11) is -2.61. The third kappa shape index (κ3) is 7.81. The van der Waals surface area contributed by atoms with Gasteiger partial charge in [0, 0.05) is 17.9 Å². The van der Waals surface area contributed by atoms with Crippen molar-refractivity contribution in [1.82, 2.24) is 0 Å². The van der Waals surface area contributed by atoms with E-state index in [2.05, 4.69) is 78.1 Å². The summed E-state index contributed by atoms with van der Waals surface area (Å²) >= 11 is 0. The van der Waals surface area contributed by atoms with Gasteiger partial charge in [-0.1, -0.05) is 163 Å². The summed E-state index contributed by atoms with van der Waals surface area (Å²) in [6.07, 6.45) is 17.9. The van der Waals surface area contributed by atoms with Gasteiger partial charge in [-0.05, 0) is 143 Å². The predicted octanol–water partition coefficient (Wildman–Crippen LogP) is 14.0. The van der Waals surface area contributed by atoms with Crippen molar-refractivity contribution in [2.45, 2.75) is 142 Å². The molecule has 0 bridgehead atoms. The fraction of sp³-hybridized carbons (Fsp3) is 0.508. The van der Waals surface area contributed by atoms with Crippen molar-refractivity contribution < 1.29 is 24.2 Å². The number of hydrogen-bond acceptors (Lipinski definition) is 4. The molecule has 0 aromatic heterocycles. The Labute approximate surface area is 389 Å². The molecule has 6 heteroatoms. The molecule has 0 spiro atoms. The molecule has 65 heavy (non-hydrogen) atoms. The monoisotopic (exact) mass is 889 g/mol. The minimum atomic E-state index is -2.61. The largest absolute Gasteiger partial charge is 0.478 e. The number of fused-ring (bicyclic) bond motifs is 6. The predicted molar refractivity (Wildman–Crippen MR) is 266 cm³/mol. The lowest BCUT2D eigenvalue weighted by molar-refractivity contribution is -0.108. The number of allylic oxidation sites excluding steroid dienone is 1. The van der Waals surface area contributed by atoms with Crippen molar-refractivity contribution in [2.24, 2.45) is 46.3 Å². The SMILES string of the molecule is CC(C)CCC[C@@H](C)[C@H]1CCC2C3CC=C4CC(OC(=O)c5cccc6c5C6(CCC=O)[Si](C)(C)c5ccc(C(=O)O)c(-c6ccc(-c7ccccc7)cc6)c5)CC[C@]4(C)C3CC[C@@]21C. The summed E-state index contributed by atoms with van der Waals surface area (Å²) in [4.78, 5) is 39.3. The molecular formula is C59H72O5Si. The molecule has 1 N–H and O–H groups in total. The second-order valence-electron chi connectivity index (χ2n) is 22.5. The van der Waals surface area contributed by atoms with Crippen LogP contribution >= 0.6 is 0 Å². The second kappa shape index (κ2) is 17.6. The molecule has 5 aliphatic rings. The van der Waals surface area contributed by atoms with Crippen LogP contribution in [0.5, 0.6) is 0 Å². The molecule has 0 heterocycles.